The maximum absolute atomic E-state index is 12.5. The van der Waals surface area contributed by atoms with Crippen molar-refractivity contribution in [2.45, 2.75) is 45.6 Å². The summed E-state index contributed by atoms with van der Waals surface area (Å²) in [6.07, 6.45) is 2.19. The Hall–Kier alpha value is -1.06. The molecule has 1 aliphatic heterocycles. The normalized spacial score (nSPS) is 20.0. The molecule has 21 heavy (non-hydrogen) atoms. The number of hydrogen-bond donors (Lipinski definition) is 1. The third kappa shape index (κ3) is 4.45. The highest BCUT2D eigenvalue weighted by atomic mass is 35.5. The van der Waals surface area contributed by atoms with E-state index >= 15 is 0 Å². The van der Waals surface area contributed by atoms with Crippen LogP contribution in [0.2, 0.25) is 0 Å². The molecule has 118 valence electrons. The Morgan fingerprint density at radius 3 is 2.38 bits per heavy atom. The van der Waals surface area contributed by atoms with E-state index in [4.69, 9.17) is 5.73 Å². The molecule has 3 nitrogen and oxygen atoms in total. The lowest BCUT2D eigenvalue weighted by Crippen LogP contribution is -2.45. The molecule has 1 aromatic rings. The third-order valence-corrected chi connectivity index (χ3v) is 4.31. The van der Waals surface area contributed by atoms with Crippen LogP contribution in [0.5, 0.6) is 0 Å². The first-order valence-electron chi connectivity index (χ1n) is 7.64. The zero-order chi connectivity index (χ0) is 14.7. The average molecular weight is 311 g/mol. The molecule has 1 amide bonds. The van der Waals surface area contributed by atoms with Crippen molar-refractivity contribution >= 4 is 18.3 Å². The molecule has 0 aromatic heterocycles. The van der Waals surface area contributed by atoms with Crippen molar-refractivity contribution in [2.24, 2.45) is 11.7 Å². The third-order valence-electron chi connectivity index (χ3n) is 4.31. The van der Waals surface area contributed by atoms with Crippen LogP contribution in [-0.2, 0) is 0 Å². The van der Waals surface area contributed by atoms with Gasteiger partial charge in [0.2, 0.25) is 0 Å². The maximum Gasteiger partial charge on any atom is 0.253 e. The molecule has 2 atom stereocenters. The van der Waals surface area contributed by atoms with Crippen molar-refractivity contribution in [3.05, 3.63) is 35.4 Å². The second-order valence-corrected chi connectivity index (χ2v) is 6.29. The number of carbonyl (C=O) groups excluding carboxylic acids is 1. The summed E-state index contributed by atoms with van der Waals surface area (Å²) in [5.41, 5.74) is 8.05. The summed E-state index contributed by atoms with van der Waals surface area (Å²) in [6, 6.07) is 8.18. The number of nitrogens with zero attached hydrogens (tertiary/aromatic N) is 1. The maximum atomic E-state index is 12.5. The van der Waals surface area contributed by atoms with Crippen LogP contribution < -0.4 is 5.73 Å². The fourth-order valence-electron chi connectivity index (χ4n) is 2.82. The number of nitrogens with two attached hydrogens (primary N) is 1. The Morgan fingerprint density at radius 1 is 1.24 bits per heavy atom. The van der Waals surface area contributed by atoms with Gasteiger partial charge in [0.25, 0.3) is 5.91 Å². The lowest BCUT2D eigenvalue weighted by atomic mass is 9.91. The summed E-state index contributed by atoms with van der Waals surface area (Å²) >= 11 is 0. The first kappa shape index (κ1) is 18.0. The van der Waals surface area contributed by atoms with Gasteiger partial charge in [-0.05, 0) is 49.3 Å². The topological polar surface area (TPSA) is 46.3 Å². The standard InChI is InChI=1S/C17H26N2O.ClH/c1-12(2)14-6-8-15(9-7-14)17(20)19-10-4-5-16(11-19)13(3)18;/h6-9,12-13,16H,4-5,10-11,18H2,1-3H3;1H. The van der Waals surface area contributed by atoms with Gasteiger partial charge in [0.15, 0.2) is 0 Å². The number of halogens is 1. The fourth-order valence-corrected chi connectivity index (χ4v) is 2.82. The summed E-state index contributed by atoms with van der Waals surface area (Å²) in [6.45, 7) is 8.01. The van der Waals surface area contributed by atoms with Crippen molar-refractivity contribution < 1.29 is 4.79 Å². The molecule has 1 fully saturated rings. The second kappa shape index (κ2) is 7.81. The van der Waals surface area contributed by atoms with E-state index in [1.54, 1.807) is 0 Å². The van der Waals surface area contributed by atoms with E-state index < -0.39 is 0 Å². The van der Waals surface area contributed by atoms with E-state index in [-0.39, 0.29) is 24.4 Å². The van der Waals surface area contributed by atoms with E-state index in [0.717, 1.165) is 31.5 Å². The van der Waals surface area contributed by atoms with Crippen molar-refractivity contribution in [1.29, 1.82) is 0 Å². The average Bonchev–Trinajstić information content (AvgIpc) is 2.46. The molecule has 2 rings (SSSR count). The Bertz CT molecular complexity index is 456. The van der Waals surface area contributed by atoms with Crippen LogP contribution in [0.1, 0.15) is 55.5 Å². The minimum absolute atomic E-state index is 0. The van der Waals surface area contributed by atoms with E-state index in [1.165, 1.54) is 5.56 Å². The smallest absolute Gasteiger partial charge is 0.253 e. The van der Waals surface area contributed by atoms with Gasteiger partial charge in [0, 0.05) is 24.7 Å². The molecule has 0 radical (unpaired) electrons. The number of rotatable bonds is 3. The van der Waals surface area contributed by atoms with E-state index in [2.05, 4.69) is 26.0 Å². The number of piperidine rings is 1. The molecule has 1 aliphatic rings. The Labute approximate surface area is 134 Å². The monoisotopic (exact) mass is 310 g/mol. The quantitative estimate of drug-likeness (QED) is 0.929. The highest BCUT2D eigenvalue weighted by molar-refractivity contribution is 5.94. The molecule has 0 bridgehead atoms. The Morgan fingerprint density at radius 2 is 1.86 bits per heavy atom. The van der Waals surface area contributed by atoms with Crippen LogP contribution in [-0.4, -0.2) is 29.9 Å². The molecule has 4 heteroatoms. The largest absolute Gasteiger partial charge is 0.338 e. The van der Waals surface area contributed by atoms with Crippen LogP contribution in [0, 0.1) is 5.92 Å². The minimum Gasteiger partial charge on any atom is -0.338 e. The van der Waals surface area contributed by atoms with Crippen molar-refractivity contribution in [2.75, 3.05) is 13.1 Å². The van der Waals surface area contributed by atoms with Crippen molar-refractivity contribution in [3.8, 4) is 0 Å². The lowest BCUT2D eigenvalue weighted by Gasteiger charge is -2.34. The fraction of sp³-hybridized carbons (Fsp3) is 0.588. The van der Waals surface area contributed by atoms with Crippen molar-refractivity contribution in [3.63, 3.8) is 0 Å². The summed E-state index contributed by atoms with van der Waals surface area (Å²) in [4.78, 5) is 14.5. The van der Waals surface area contributed by atoms with Gasteiger partial charge in [0.05, 0.1) is 0 Å². The summed E-state index contributed by atoms with van der Waals surface area (Å²) in [7, 11) is 0. The van der Waals surface area contributed by atoms with Gasteiger partial charge >= 0.3 is 0 Å². The highest BCUT2D eigenvalue weighted by Crippen LogP contribution is 2.21. The first-order valence-corrected chi connectivity index (χ1v) is 7.64. The predicted octanol–water partition coefficient (Wildman–Crippen LogP) is 3.43. The second-order valence-electron chi connectivity index (χ2n) is 6.29. The van der Waals surface area contributed by atoms with Gasteiger partial charge in [-0.1, -0.05) is 26.0 Å². The molecule has 0 spiro atoms. The molecule has 2 unspecified atom stereocenters. The predicted molar refractivity (Wildman–Crippen MR) is 90.1 cm³/mol. The van der Waals surface area contributed by atoms with Gasteiger partial charge < -0.3 is 10.6 Å². The van der Waals surface area contributed by atoms with Gasteiger partial charge in [0.1, 0.15) is 0 Å². The van der Waals surface area contributed by atoms with Crippen molar-refractivity contribution in [1.82, 2.24) is 4.90 Å². The van der Waals surface area contributed by atoms with E-state index in [1.807, 2.05) is 24.0 Å². The Kier molecular flexibility index (Phi) is 6.69. The first-order chi connectivity index (χ1) is 9.49. The summed E-state index contributed by atoms with van der Waals surface area (Å²) in [5.74, 6) is 1.07. The molecule has 1 heterocycles. The van der Waals surface area contributed by atoms with Gasteiger partial charge in [-0.2, -0.15) is 0 Å². The number of amides is 1. The summed E-state index contributed by atoms with van der Waals surface area (Å²) in [5, 5.41) is 0. The number of hydrogen-bond acceptors (Lipinski definition) is 2. The number of benzene rings is 1. The van der Waals surface area contributed by atoms with E-state index in [9.17, 15) is 4.79 Å². The van der Waals surface area contributed by atoms with Gasteiger partial charge in [-0.3, -0.25) is 4.79 Å². The number of carbonyl (C=O) groups is 1. The molecule has 1 saturated heterocycles. The van der Waals surface area contributed by atoms with E-state index in [0.29, 0.717) is 11.8 Å². The van der Waals surface area contributed by atoms with Crippen LogP contribution in [0.3, 0.4) is 0 Å². The zero-order valence-electron chi connectivity index (χ0n) is 13.2. The summed E-state index contributed by atoms with van der Waals surface area (Å²) < 4.78 is 0. The van der Waals surface area contributed by atoms with Crippen LogP contribution in [0.15, 0.2) is 24.3 Å². The van der Waals surface area contributed by atoms with Crippen LogP contribution in [0.4, 0.5) is 0 Å². The molecular formula is C17H27ClN2O. The molecular weight excluding hydrogens is 284 g/mol. The molecule has 0 aliphatic carbocycles. The van der Waals surface area contributed by atoms with Crippen LogP contribution >= 0.6 is 12.4 Å². The molecule has 2 N–H and O–H groups in total. The molecule has 0 saturated carbocycles. The SMILES string of the molecule is CC(C)c1ccc(C(=O)N2CCCC(C(C)N)C2)cc1.Cl. The van der Waals surface area contributed by atoms with Crippen LogP contribution in [0.25, 0.3) is 0 Å². The zero-order valence-corrected chi connectivity index (χ0v) is 14.0. The lowest BCUT2D eigenvalue weighted by molar-refractivity contribution is 0.0661. The number of likely N-dealkylation sites (tertiary alicyclic amines) is 1. The Balaban J connectivity index is 0.00000220. The minimum atomic E-state index is 0. The van der Waals surface area contributed by atoms with Gasteiger partial charge in [-0.15, -0.1) is 12.4 Å². The molecule has 1 aromatic carbocycles. The van der Waals surface area contributed by atoms with Gasteiger partial charge in [-0.25, -0.2) is 0 Å². The highest BCUT2D eigenvalue weighted by Gasteiger charge is 2.26.